The van der Waals surface area contributed by atoms with Crippen LogP contribution in [0.4, 0.5) is 4.39 Å². The summed E-state index contributed by atoms with van der Waals surface area (Å²) in [6.45, 7) is 7.30. The van der Waals surface area contributed by atoms with Crippen molar-refractivity contribution in [2.75, 3.05) is 39.8 Å². The second-order valence-corrected chi connectivity index (χ2v) is 10.1. The summed E-state index contributed by atoms with van der Waals surface area (Å²) >= 11 is 0. The third-order valence-corrected chi connectivity index (χ3v) is 8.00. The van der Waals surface area contributed by atoms with Crippen LogP contribution >= 0.6 is 0 Å². The van der Waals surface area contributed by atoms with Crippen molar-refractivity contribution in [3.05, 3.63) is 65.0 Å². The summed E-state index contributed by atoms with van der Waals surface area (Å²) in [7, 11) is -1.72. The van der Waals surface area contributed by atoms with Crippen LogP contribution in [0.5, 0.6) is 0 Å². The highest BCUT2D eigenvalue weighted by Crippen LogP contribution is 2.22. The molecule has 0 bridgehead atoms. The molecule has 0 spiro atoms. The molecule has 2 aromatic carbocycles. The zero-order chi connectivity index (χ0) is 22.8. The van der Waals surface area contributed by atoms with E-state index in [1.165, 1.54) is 16.4 Å². The number of sulfonamides is 1. The van der Waals surface area contributed by atoms with Gasteiger partial charge in [0.2, 0.25) is 15.9 Å². The van der Waals surface area contributed by atoms with Gasteiger partial charge in [-0.05, 0) is 68.8 Å². The van der Waals surface area contributed by atoms with Crippen LogP contribution in [0.25, 0.3) is 0 Å². The first-order valence-electron chi connectivity index (χ1n) is 10.4. The third kappa shape index (κ3) is 5.31. The summed E-state index contributed by atoms with van der Waals surface area (Å²) in [5, 5.41) is 0. The lowest BCUT2D eigenvalue weighted by Crippen LogP contribution is -2.52. The summed E-state index contributed by atoms with van der Waals surface area (Å²) in [5.41, 5.74) is 2.92. The molecule has 3 rings (SSSR count). The number of nitrogens with zero attached hydrogens (tertiary/aromatic N) is 3. The summed E-state index contributed by atoms with van der Waals surface area (Å²) in [4.78, 5) is 16.7. The van der Waals surface area contributed by atoms with Crippen molar-refractivity contribution in [1.29, 1.82) is 0 Å². The molecule has 1 amide bonds. The summed E-state index contributed by atoms with van der Waals surface area (Å²) in [6.07, 6.45) is 0. The molecule has 0 aromatic heterocycles. The number of hydrogen-bond acceptors (Lipinski definition) is 4. The molecule has 1 saturated heterocycles. The average Bonchev–Trinajstić information content (AvgIpc) is 2.75. The number of piperazine rings is 1. The van der Waals surface area contributed by atoms with Crippen molar-refractivity contribution in [1.82, 2.24) is 14.1 Å². The van der Waals surface area contributed by atoms with Gasteiger partial charge in [0.05, 0.1) is 11.4 Å². The van der Waals surface area contributed by atoms with Gasteiger partial charge < -0.3 is 4.90 Å². The Kier molecular flexibility index (Phi) is 7.13. The minimum absolute atomic E-state index is 0.0420. The fourth-order valence-corrected chi connectivity index (χ4v) is 5.16. The first-order valence-corrected chi connectivity index (χ1v) is 11.8. The van der Waals surface area contributed by atoms with Crippen LogP contribution in [0.1, 0.15) is 29.7 Å². The van der Waals surface area contributed by atoms with E-state index < -0.39 is 10.0 Å². The maximum absolute atomic E-state index is 13.1. The van der Waals surface area contributed by atoms with E-state index in [1.807, 2.05) is 38.8 Å². The van der Waals surface area contributed by atoms with E-state index in [4.69, 9.17) is 0 Å². The molecule has 0 saturated carbocycles. The van der Waals surface area contributed by atoms with Gasteiger partial charge in [0, 0.05) is 32.2 Å². The third-order valence-electron chi connectivity index (χ3n) is 6.11. The van der Waals surface area contributed by atoms with Crippen LogP contribution in [0.2, 0.25) is 0 Å². The van der Waals surface area contributed by atoms with E-state index in [-0.39, 0.29) is 37.4 Å². The average molecular weight is 448 g/mol. The molecule has 1 aliphatic heterocycles. The van der Waals surface area contributed by atoms with E-state index in [0.29, 0.717) is 18.0 Å². The van der Waals surface area contributed by atoms with Gasteiger partial charge in [0.25, 0.3) is 0 Å². The molecule has 1 atom stereocenters. The Morgan fingerprint density at radius 3 is 2.23 bits per heavy atom. The zero-order valence-electron chi connectivity index (χ0n) is 18.5. The topological polar surface area (TPSA) is 60.9 Å². The fourth-order valence-electron chi connectivity index (χ4n) is 3.65. The number of carbonyl (C=O) groups excluding carboxylic acids is 1. The van der Waals surface area contributed by atoms with E-state index in [0.717, 1.165) is 16.7 Å². The maximum Gasteiger partial charge on any atom is 0.243 e. The lowest BCUT2D eigenvalue weighted by atomic mass is 10.1. The predicted octanol–water partition coefficient (Wildman–Crippen LogP) is 2.97. The minimum Gasteiger partial charge on any atom is -0.339 e. The molecule has 2 aromatic rings. The van der Waals surface area contributed by atoms with Crippen molar-refractivity contribution in [3.8, 4) is 0 Å². The quantitative estimate of drug-likeness (QED) is 0.683. The van der Waals surface area contributed by atoms with E-state index >= 15 is 0 Å². The second kappa shape index (κ2) is 9.46. The molecule has 168 valence electrons. The van der Waals surface area contributed by atoms with Crippen molar-refractivity contribution in [2.45, 2.75) is 31.7 Å². The van der Waals surface area contributed by atoms with Crippen LogP contribution in [-0.4, -0.2) is 68.2 Å². The van der Waals surface area contributed by atoms with Crippen LogP contribution in [0.15, 0.2) is 47.4 Å². The lowest BCUT2D eigenvalue weighted by molar-refractivity contribution is -0.133. The molecular weight excluding hydrogens is 417 g/mol. The van der Waals surface area contributed by atoms with E-state index in [9.17, 15) is 17.6 Å². The van der Waals surface area contributed by atoms with Crippen LogP contribution in [0, 0.1) is 19.7 Å². The van der Waals surface area contributed by atoms with Crippen LogP contribution in [-0.2, 0) is 14.8 Å². The number of likely N-dealkylation sites (N-methyl/N-ethyl adjacent to an activating group) is 1. The molecule has 0 aliphatic carbocycles. The molecule has 6 nitrogen and oxygen atoms in total. The number of aryl methyl sites for hydroxylation is 2. The van der Waals surface area contributed by atoms with Gasteiger partial charge in [-0.2, -0.15) is 4.31 Å². The van der Waals surface area contributed by atoms with Gasteiger partial charge in [-0.1, -0.05) is 18.2 Å². The van der Waals surface area contributed by atoms with Crippen LogP contribution < -0.4 is 0 Å². The van der Waals surface area contributed by atoms with Crippen molar-refractivity contribution >= 4 is 15.9 Å². The Morgan fingerprint density at radius 2 is 1.65 bits per heavy atom. The monoisotopic (exact) mass is 447 g/mol. The summed E-state index contributed by atoms with van der Waals surface area (Å²) in [5.74, 6) is -0.331. The zero-order valence-corrected chi connectivity index (χ0v) is 19.3. The molecule has 0 N–H and O–H groups in total. The Morgan fingerprint density at radius 1 is 1.03 bits per heavy atom. The van der Waals surface area contributed by atoms with E-state index in [1.54, 1.807) is 29.2 Å². The highest BCUT2D eigenvalue weighted by atomic mass is 32.2. The summed E-state index contributed by atoms with van der Waals surface area (Å²) in [6, 6.07) is 11.4. The molecule has 1 fully saturated rings. The Bertz CT molecular complexity index is 1030. The Balaban J connectivity index is 1.57. The highest BCUT2D eigenvalue weighted by Gasteiger charge is 2.30. The summed E-state index contributed by atoms with van der Waals surface area (Å²) < 4.78 is 40.5. The number of amides is 1. The van der Waals surface area contributed by atoms with Gasteiger partial charge in [-0.15, -0.1) is 0 Å². The Labute approximate surface area is 184 Å². The highest BCUT2D eigenvalue weighted by molar-refractivity contribution is 7.89. The Hall–Kier alpha value is -2.29. The van der Waals surface area contributed by atoms with Gasteiger partial charge in [-0.25, -0.2) is 12.8 Å². The molecule has 0 radical (unpaired) electrons. The number of benzene rings is 2. The second-order valence-electron chi connectivity index (χ2n) is 8.17. The standard InChI is InChI=1S/C23H30FN3O3S/c1-17-5-10-22(15-18(17)2)31(29,30)27-13-11-26(12-14-27)23(28)16-25(4)19(3)20-6-8-21(24)9-7-20/h5-10,15,19H,11-14,16H2,1-4H3. The maximum atomic E-state index is 13.1. The number of carbonyl (C=O) groups is 1. The molecule has 1 unspecified atom stereocenters. The molecule has 1 aliphatic rings. The number of halogens is 1. The fraction of sp³-hybridized carbons (Fsp3) is 0.435. The number of rotatable bonds is 6. The normalized spacial score (nSPS) is 16.5. The van der Waals surface area contributed by atoms with Crippen LogP contribution in [0.3, 0.4) is 0 Å². The number of hydrogen-bond donors (Lipinski definition) is 0. The van der Waals surface area contributed by atoms with Gasteiger partial charge >= 0.3 is 0 Å². The smallest absolute Gasteiger partial charge is 0.243 e. The molecule has 1 heterocycles. The molecule has 8 heteroatoms. The molecule has 31 heavy (non-hydrogen) atoms. The first-order chi connectivity index (χ1) is 14.6. The van der Waals surface area contributed by atoms with E-state index in [2.05, 4.69) is 0 Å². The lowest BCUT2D eigenvalue weighted by Gasteiger charge is -2.35. The van der Waals surface area contributed by atoms with Gasteiger partial charge in [0.1, 0.15) is 5.82 Å². The van der Waals surface area contributed by atoms with Gasteiger partial charge in [0.15, 0.2) is 0 Å². The van der Waals surface area contributed by atoms with Crippen molar-refractivity contribution in [2.24, 2.45) is 0 Å². The first kappa shape index (κ1) is 23.4. The largest absolute Gasteiger partial charge is 0.339 e. The van der Waals surface area contributed by atoms with Crippen molar-refractivity contribution < 1.29 is 17.6 Å². The predicted molar refractivity (Wildman–Crippen MR) is 119 cm³/mol. The minimum atomic E-state index is -3.57. The van der Waals surface area contributed by atoms with Gasteiger partial charge in [-0.3, -0.25) is 9.69 Å². The van der Waals surface area contributed by atoms with Crippen molar-refractivity contribution in [3.63, 3.8) is 0 Å². The SMILES string of the molecule is Cc1ccc(S(=O)(=O)N2CCN(C(=O)CN(C)C(C)c3ccc(F)cc3)CC2)cc1C. The molecular formula is C23H30FN3O3S.